The quantitative estimate of drug-likeness (QED) is 0.307. The van der Waals surface area contributed by atoms with Crippen LogP contribution in [0.4, 0.5) is 26.3 Å². The van der Waals surface area contributed by atoms with Crippen LogP contribution in [0.1, 0.15) is 62.1 Å². The van der Waals surface area contributed by atoms with Gasteiger partial charge in [0.05, 0.1) is 17.9 Å². The maximum Gasteiger partial charge on any atom is 0.392 e. The third-order valence-corrected chi connectivity index (χ3v) is 7.05. The number of alkyl halides is 6. The molecule has 1 aliphatic carbocycles. The molecule has 0 bridgehead atoms. The first-order chi connectivity index (χ1) is 17.5. The average molecular weight is 527 g/mol. The summed E-state index contributed by atoms with van der Waals surface area (Å²) >= 11 is 0. The van der Waals surface area contributed by atoms with Crippen LogP contribution in [0.25, 0.3) is 0 Å². The summed E-state index contributed by atoms with van der Waals surface area (Å²) in [5.74, 6) is -5.49. The van der Waals surface area contributed by atoms with Crippen molar-refractivity contribution in [1.29, 1.82) is 5.26 Å². The molecule has 0 radical (unpaired) electrons. The summed E-state index contributed by atoms with van der Waals surface area (Å²) < 4.78 is 81.6. The Morgan fingerprint density at radius 1 is 0.811 bits per heavy atom. The van der Waals surface area contributed by atoms with Crippen LogP contribution in [0.2, 0.25) is 0 Å². The molecule has 2 atom stereocenters. The lowest BCUT2D eigenvalue weighted by Gasteiger charge is -2.40. The third kappa shape index (κ3) is 9.70. The van der Waals surface area contributed by atoms with Gasteiger partial charge in [-0.2, -0.15) is 31.6 Å². The van der Waals surface area contributed by atoms with Crippen molar-refractivity contribution in [2.45, 2.75) is 70.6 Å². The Balaban J connectivity index is 0.00000153. The summed E-state index contributed by atoms with van der Waals surface area (Å²) in [5.41, 5.74) is 2.37. The molecule has 3 rings (SSSR count). The fourth-order valence-corrected chi connectivity index (χ4v) is 5.17. The smallest absolute Gasteiger partial charge is 0.303 e. The van der Waals surface area contributed by atoms with Crippen LogP contribution in [-0.2, 0) is 12.8 Å². The summed E-state index contributed by atoms with van der Waals surface area (Å²) in [6.45, 7) is 6.29. The number of nitriles is 1. The lowest BCUT2D eigenvalue weighted by Crippen LogP contribution is -2.42. The number of nitrogens with zero attached hydrogens (tertiary/aromatic N) is 2. The first-order valence-electron chi connectivity index (χ1n) is 12.8. The van der Waals surface area contributed by atoms with E-state index < -0.39 is 30.1 Å². The molecule has 1 fully saturated rings. The number of halogens is 6. The molecule has 8 heteroatoms. The van der Waals surface area contributed by atoms with Gasteiger partial charge in [0.2, 0.25) is 0 Å². The molecule has 2 aromatic carbocycles. The largest absolute Gasteiger partial charge is 0.392 e. The van der Waals surface area contributed by atoms with Crippen LogP contribution in [0, 0.1) is 23.2 Å². The number of likely N-dealkylation sites (N-methyl/N-ethyl adjacent to an activating group) is 1. The van der Waals surface area contributed by atoms with Gasteiger partial charge in [-0.3, -0.25) is 0 Å². The fraction of sp³-hybridized carbons (Fsp3) is 0.552. The molecule has 0 N–H and O–H groups in total. The average Bonchev–Trinajstić information content (AvgIpc) is 2.86. The van der Waals surface area contributed by atoms with Gasteiger partial charge in [0, 0.05) is 19.4 Å². The second-order valence-corrected chi connectivity index (χ2v) is 9.49. The lowest BCUT2D eigenvalue weighted by atomic mass is 9.68. The van der Waals surface area contributed by atoms with E-state index in [-0.39, 0.29) is 24.8 Å². The molecule has 2 nitrogen and oxygen atoms in total. The highest BCUT2D eigenvalue weighted by atomic mass is 19.4. The molecular weight excluding hydrogens is 490 g/mol. The molecule has 2 unspecified atom stereocenters. The minimum atomic E-state index is -4.64. The molecular formula is C29H36F6N2. The van der Waals surface area contributed by atoms with E-state index in [2.05, 4.69) is 24.0 Å². The topological polar surface area (TPSA) is 27.0 Å². The number of benzene rings is 2. The van der Waals surface area contributed by atoms with Crippen molar-refractivity contribution < 1.29 is 26.3 Å². The van der Waals surface area contributed by atoms with Crippen LogP contribution in [-0.4, -0.2) is 36.9 Å². The zero-order valence-corrected chi connectivity index (χ0v) is 21.5. The monoisotopic (exact) mass is 526 g/mol. The van der Waals surface area contributed by atoms with E-state index in [1.165, 1.54) is 24.6 Å². The highest BCUT2D eigenvalue weighted by molar-refractivity contribution is 5.28. The van der Waals surface area contributed by atoms with Crippen molar-refractivity contribution in [3.63, 3.8) is 0 Å². The van der Waals surface area contributed by atoms with Crippen molar-refractivity contribution in [3.8, 4) is 6.07 Å². The van der Waals surface area contributed by atoms with Gasteiger partial charge in [-0.05, 0) is 61.9 Å². The maximum absolute atomic E-state index is 13.6. The summed E-state index contributed by atoms with van der Waals surface area (Å²) in [7, 11) is 0. The molecule has 0 amide bonds. The maximum atomic E-state index is 13.6. The van der Waals surface area contributed by atoms with Crippen molar-refractivity contribution in [2.75, 3.05) is 19.6 Å². The first-order valence-corrected chi connectivity index (χ1v) is 12.8. The SMILES string of the molecule is CC#N.CCN(CCCc1ccc(C2C(C(F)(F)F)CCCC2C(F)(F)F)cc1)CCc1ccccc1. The van der Waals surface area contributed by atoms with Gasteiger partial charge in [0.15, 0.2) is 0 Å². The van der Waals surface area contributed by atoms with Crippen LogP contribution in [0.5, 0.6) is 0 Å². The van der Waals surface area contributed by atoms with E-state index in [1.807, 2.05) is 18.2 Å². The number of hydrogen-bond donors (Lipinski definition) is 0. The summed E-state index contributed by atoms with van der Waals surface area (Å²) in [6.07, 6.45) is -7.27. The van der Waals surface area contributed by atoms with E-state index in [9.17, 15) is 26.3 Å². The van der Waals surface area contributed by atoms with Gasteiger partial charge >= 0.3 is 12.4 Å². The minimum Gasteiger partial charge on any atom is -0.303 e. The van der Waals surface area contributed by atoms with E-state index in [0.717, 1.165) is 44.5 Å². The van der Waals surface area contributed by atoms with E-state index in [1.54, 1.807) is 18.2 Å². The predicted molar refractivity (Wildman–Crippen MR) is 134 cm³/mol. The molecule has 0 saturated heterocycles. The van der Waals surface area contributed by atoms with Gasteiger partial charge in [-0.15, -0.1) is 0 Å². The molecule has 0 aromatic heterocycles. The molecule has 1 aliphatic rings. The normalized spacial score (nSPS) is 20.2. The zero-order chi connectivity index (χ0) is 27.5. The van der Waals surface area contributed by atoms with Crippen molar-refractivity contribution in [3.05, 3.63) is 71.3 Å². The minimum absolute atomic E-state index is 0.0544. The molecule has 1 saturated carbocycles. The highest BCUT2D eigenvalue weighted by Crippen LogP contribution is 2.53. The van der Waals surface area contributed by atoms with Crippen LogP contribution >= 0.6 is 0 Å². The van der Waals surface area contributed by atoms with Gasteiger partial charge < -0.3 is 4.90 Å². The van der Waals surface area contributed by atoms with E-state index in [0.29, 0.717) is 0 Å². The number of rotatable bonds is 9. The molecule has 0 spiro atoms. The number of hydrogen-bond acceptors (Lipinski definition) is 2. The fourth-order valence-electron chi connectivity index (χ4n) is 5.17. The Hall–Kier alpha value is -2.53. The van der Waals surface area contributed by atoms with Gasteiger partial charge in [-0.25, -0.2) is 0 Å². The van der Waals surface area contributed by atoms with Crippen molar-refractivity contribution in [1.82, 2.24) is 4.90 Å². The van der Waals surface area contributed by atoms with Gasteiger partial charge in [0.1, 0.15) is 0 Å². The first kappa shape index (κ1) is 30.7. The molecule has 2 aromatic rings. The number of aryl methyl sites for hydroxylation is 1. The summed E-state index contributed by atoms with van der Waals surface area (Å²) in [5, 5.41) is 7.32. The highest BCUT2D eigenvalue weighted by Gasteiger charge is 2.56. The Kier molecular flexibility index (Phi) is 12.0. The van der Waals surface area contributed by atoms with Gasteiger partial charge in [0.25, 0.3) is 0 Å². The Morgan fingerprint density at radius 3 is 1.81 bits per heavy atom. The van der Waals surface area contributed by atoms with E-state index >= 15 is 0 Å². The van der Waals surface area contributed by atoms with Crippen LogP contribution in [0.15, 0.2) is 54.6 Å². The van der Waals surface area contributed by atoms with Crippen LogP contribution in [0.3, 0.4) is 0 Å². The zero-order valence-electron chi connectivity index (χ0n) is 21.5. The van der Waals surface area contributed by atoms with Crippen LogP contribution < -0.4 is 0 Å². The van der Waals surface area contributed by atoms with E-state index in [4.69, 9.17) is 5.26 Å². The molecule has 204 valence electrons. The van der Waals surface area contributed by atoms with Crippen molar-refractivity contribution >= 4 is 0 Å². The second-order valence-electron chi connectivity index (χ2n) is 9.49. The summed E-state index contributed by atoms with van der Waals surface area (Å²) in [6, 6.07) is 18.4. The Morgan fingerprint density at radius 2 is 1.32 bits per heavy atom. The van der Waals surface area contributed by atoms with Gasteiger partial charge in [-0.1, -0.05) is 67.9 Å². The molecule has 0 heterocycles. The third-order valence-electron chi connectivity index (χ3n) is 7.05. The molecule has 37 heavy (non-hydrogen) atoms. The van der Waals surface area contributed by atoms with Crippen molar-refractivity contribution in [2.24, 2.45) is 11.8 Å². The molecule has 0 aliphatic heterocycles. The predicted octanol–water partition coefficient (Wildman–Crippen LogP) is 8.34. The second kappa shape index (κ2) is 14.4. The standard InChI is InChI=1S/C27H33F6N.C2H3N/c1-2-34(19-17-20-8-4-3-5-9-20)18-7-10-21-13-15-22(16-14-21)25-23(26(28,29)30)11-6-12-24(25)27(31,32)33;1-2-3/h3-5,8-9,13-16,23-25H,2,6-7,10-12,17-19H2,1H3;1H3. The summed E-state index contributed by atoms with van der Waals surface area (Å²) in [4.78, 5) is 2.35. The lowest BCUT2D eigenvalue weighted by molar-refractivity contribution is -0.231. The Bertz CT molecular complexity index is 926. The Labute approximate surface area is 216 Å².